The van der Waals surface area contributed by atoms with E-state index in [9.17, 15) is 9.90 Å². The van der Waals surface area contributed by atoms with Gasteiger partial charge in [0.25, 0.3) is 5.91 Å². The predicted octanol–water partition coefficient (Wildman–Crippen LogP) is 1.33. The fraction of sp³-hybridized carbons (Fsp3) is 0.462. The van der Waals surface area contributed by atoms with Crippen LogP contribution in [-0.2, 0) is 11.3 Å². The lowest BCUT2D eigenvalue weighted by molar-refractivity contribution is 0.0914. The molecule has 1 amide bonds. The Morgan fingerprint density at radius 3 is 2.59 bits per heavy atom. The van der Waals surface area contributed by atoms with Crippen LogP contribution in [0.4, 0.5) is 0 Å². The van der Waals surface area contributed by atoms with Crippen molar-refractivity contribution in [3.05, 3.63) is 35.4 Å². The number of hydrogen-bond acceptors (Lipinski definition) is 3. The summed E-state index contributed by atoms with van der Waals surface area (Å²) in [7, 11) is 1.63. The normalized spacial score (nSPS) is 12.2. The van der Waals surface area contributed by atoms with Crippen LogP contribution in [0.3, 0.4) is 0 Å². The van der Waals surface area contributed by atoms with Crippen molar-refractivity contribution in [2.75, 3.05) is 13.7 Å². The van der Waals surface area contributed by atoms with Gasteiger partial charge in [0.05, 0.1) is 12.7 Å². The number of hydrogen-bond donors (Lipinski definition) is 2. The average Bonchev–Trinajstić information content (AvgIpc) is 2.36. The summed E-state index contributed by atoms with van der Waals surface area (Å²) in [5.74, 6) is -0.165. The highest BCUT2D eigenvalue weighted by molar-refractivity contribution is 5.94. The standard InChI is InChI=1S/C13H19NO3/c1-3-12(15)8-14-13(16)11-6-4-10(5-7-11)9-17-2/h4-7,12,15H,3,8-9H2,1-2H3,(H,14,16). The molecule has 0 spiro atoms. The molecule has 0 bridgehead atoms. The molecule has 0 aromatic heterocycles. The van der Waals surface area contributed by atoms with Crippen LogP contribution >= 0.6 is 0 Å². The number of ether oxygens (including phenoxy) is 1. The first-order valence-corrected chi connectivity index (χ1v) is 5.71. The molecule has 0 heterocycles. The smallest absolute Gasteiger partial charge is 0.251 e. The van der Waals surface area contributed by atoms with E-state index in [1.54, 1.807) is 19.2 Å². The minimum atomic E-state index is -0.480. The van der Waals surface area contributed by atoms with E-state index in [2.05, 4.69) is 5.32 Å². The van der Waals surface area contributed by atoms with E-state index < -0.39 is 6.10 Å². The maximum absolute atomic E-state index is 11.7. The van der Waals surface area contributed by atoms with Crippen LogP contribution < -0.4 is 5.32 Å². The topological polar surface area (TPSA) is 58.6 Å². The third-order valence-electron chi connectivity index (χ3n) is 2.50. The Bertz CT molecular complexity index is 348. The third kappa shape index (κ3) is 4.54. The second-order valence-electron chi connectivity index (χ2n) is 3.90. The van der Waals surface area contributed by atoms with Gasteiger partial charge in [-0.25, -0.2) is 0 Å². The number of nitrogens with one attached hydrogen (secondary N) is 1. The summed E-state index contributed by atoms with van der Waals surface area (Å²) in [6.07, 6.45) is 0.152. The number of carbonyl (C=O) groups excluding carboxylic acids is 1. The molecule has 0 aliphatic carbocycles. The Morgan fingerprint density at radius 2 is 2.06 bits per heavy atom. The summed E-state index contributed by atoms with van der Waals surface area (Å²) in [5.41, 5.74) is 1.62. The van der Waals surface area contributed by atoms with E-state index in [4.69, 9.17) is 4.74 Å². The molecule has 1 rings (SSSR count). The van der Waals surface area contributed by atoms with Gasteiger partial charge < -0.3 is 15.2 Å². The minimum Gasteiger partial charge on any atom is -0.391 e. The van der Waals surface area contributed by atoms with Gasteiger partial charge in [-0.2, -0.15) is 0 Å². The highest BCUT2D eigenvalue weighted by Crippen LogP contribution is 2.05. The number of aliphatic hydroxyl groups excluding tert-OH is 1. The highest BCUT2D eigenvalue weighted by atomic mass is 16.5. The molecule has 4 heteroatoms. The Kier molecular flexibility index (Phi) is 5.66. The molecule has 4 nitrogen and oxygen atoms in total. The molecule has 0 aliphatic rings. The fourth-order valence-corrected chi connectivity index (χ4v) is 1.38. The molecule has 17 heavy (non-hydrogen) atoms. The number of methoxy groups -OCH3 is 1. The van der Waals surface area contributed by atoms with Crippen molar-refractivity contribution < 1.29 is 14.6 Å². The lowest BCUT2D eigenvalue weighted by Gasteiger charge is -2.09. The molecule has 2 N–H and O–H groups in total. The molecule has 0 saturated heterocycles. The van der Waals surface area contributed by atoms with Gasteiger partial charge in [0.2, 0.25) is 0 Å². The number of amides is 1. The first-order valence-electron chi connectivity index (χ1n) is 5.71. The van der Waals surface area contributed by atoms with E-state index in [0.717, 1.165) is 5.56 Å². The number of aliphatic hydroxyl groups is 1. The summed E-state index contributed by atoms with van der Waals surface area (Å²) in [5, 5.41) is 12.0. The second kappa shape index (κ2) is 7.04. The van der Waals surface area contributed by atoms with Crippen molar-refractivity contribution in [1.29, 1.82) is 0 Å². The molecule has 1 atom stereocenters. The van der Waals surface area contributed by atoms with E-state index in [-0.39, 0.29) is 12.5 Å². The number of rotatable bonds is 6. The van der Waals surface area contributed by atoms with Gasteiger partial charge in [0.1, 0.15) is 0 Å². The molecule has 94 valence electrons. The predicted molar refractivity (Wildman–Crippen MR) is 65.8 cm³/mol. The van der Waals surface area contributed by atoms with Crippen molar-refractivity contribution >= 4 is 5.91 Å². The molecular weight excluding hydrogens is 218 g/mol. The Morgan fingerprint density at radius 1 is 1.41 bits per heavy atom. The van der Waals surface area contributed by atoms with Crippen molar-refractivity contribution in [1.82, 2.24) is 5.32 Å². The largest absolute Gasteiger partial charge is 0.391 e. The van der Waals surface area contributed by atoms with Crippen LogP contribution in [0.1, 0.15) is 29.3 Å². The molecule has 1 aromatic rings. The van der Waals surface area contributed by atoms with Crippen molar-refractivity contribution in [3.63, 3.8) is 0 Å². The van der Waals surface area contributed by atoms with Gasteiger partial charge in [-0.3, -0.25) is 4.79 Å². The van der Waals surface area contributed by atoms with Crippen molar-refractivity contribution in [2.24, 2.45) is 0 Å². The number of benzene rings is 1. The van der Waals surface area contributed by atoms with Crippen LogP contribution in [0.15, 0.2) is 24.3 Å². The zero-order valence-electron chi connectivity index (χ0n) is 10.3. The molecule has 1 aromatic carbocycles. The van der Waals surface area contributed by atoms with Gasteiger partial charge in [0.15, 0.2) is 0 Å². The molecular formula is C13H19NO3. The van der Waals surface area contributed by atoms with Crippen molar-refractivity contribution in [3.8, 4) is 0 Å². The Hall–Kier alpha value is -1.39. The van der Waals surface area contributed by atoms with Gasteiger partial charge in [-0.05, 0) is 24.1 Å². The Balaban J connectivity index is 2.51. The van der Waals surface area contributed by atoms with Crippen LogP contribution in [-0.4, -0.2) is 30.8 Å². The first kappa shape index (κ1) is 13.7. The van der Waals surface area contributed by atoms with E-state index in [0.29, 0.717) is 18.6 Å². The Labute approximate surface area is 102 Å². The lowest BCUT2D eigenvalue weighted by atomic mass is 10.1. The zero-order valence-corrected chi connectivity index (χ0v) is 10.3. The van der Waals surface area contributed by atoms with Gasteiger partial charge in [-0.1, -0.05) is 19.1 Å². The first-order chi connectivity index (χ1) is 8.17. The van der Waals surface area contributed by atoms with Crippen LogP contribution in [0, 0.1) is 0 Å². The van der Waals surface area contributed by atoms with E-state index in [1.165, 1.54) is 0 Å². The SMILES string of the molecule is CCC(O)CNC(=O)c1ccc(COC)cc1. The second-order valence-corrected chi connectivity index (χ2v) is 3.90. The maximum Gasteiger partial charge on any atom is 0.251 e. The van der Waals surface area contributed by atoms with Gasteiger partial charge >= 0.3 is 0 Å². The van der Waals surface area contributed by atoms with E-state index >= 15 is 0 Å². The van der Waals surface area contributed by atoms with Crippen molar-refractivity contribution in [2.45, 2.75) is 26.1 Å². The third-order valence-corrected chi connectivity index (χ3v) is 2.50. The fourth-order valence-electron chi connectivity index (χ4n) is 1.38. The molecule has 0 fully saturated rings. The molecule has 0 aliphatic heterocycles. The average molecular weight is 237 g/mol. The highest BCUT2D eigenvalue weighted by Gasteiger charge is 2.07. The summed E-state index contributed by atoms with van der Waals surface area (Å²) in [6, 6.07) is 7.22. The zero-order chi connectivity index (χ0) is 12.7. The maximum atomic E-state index is 11.7. The lowest BCUT2D eigenvalue weighted by Crippen LogP contribution is -2.31. The molecule has 1 unspecified atom stereocenters. The molecule has 0 saturated carbocycles. The summed E-state index contributed by atoms with van der Waals surface area (Å²) in [4.78, 5) is 11.7. The van der Waals surface area contributed by atoms with Crippen LogP contribution in [0.5, 0.6) is 0 Å². The summed E-state index contributed by atoms with van der Waals surface area (Å²) >= 11 is 0. The van der Waals surface area contributed by atoms with Crippen LogP contribution in [0.25, 0.3) is 0 Å². The summed E-state index contributed by atoms with van der Waals surface area (Å²) < 4.78 is 4.99. The molecule has 0 radical (unpaired) electrons. The number of carbonyl (C=O) groups is 1. The van der Waals surface area contributed by atoms with Gasteiger partial charge in [0, 0.05) is 19.2 Å². The van der Waals surface area contributed by atoms with Crippen LogP contribution in [0.2, 0.25) is 0 Å². The van der Waals surface area contributed by atoms with E-state index in [1.807, 2.05) is 19.1 Å². The van der Waals surface area contributed by atoms with Gasteiger partial charge in [-0.15, -0.1) is 0 Å². The summed E-state index contributed by atoms with van der Waals surface area (Å²) in [6.45, 7) is 2.70. The monoisotopic (exact) mass is 237 g/mol. The minimum absolute atomic E-state index is 0.165. The quantitative estimate of drug-likeness (QED) is 0.784.